The van der Waals surface area contributed by atoms with Gasteiger partial charge >= 0.3 is 90.2 Å². The maximum Gasteiger partial charge on any atom is 2.00 e. The minimum atomic E-state index is -2.33. The summed E-state index contributed by atoms with van der Waals surface area (Å²) in [7, 11) is 0. The molecule has 0 amide bonds. The van der Waals surface area contributed by atoms with E-state index in [1.807, 2.05) is 0 Å². The van der Waals surface area contributed by atoms with Gasteiger partial charge < -0.3 is 25.2 Å². The molecule has 0 aliphatic carbocycles. The van der Waals surface area contributed by atoms with Crippen LogP contribution in [0.2, 0.25) is 5.54 Å². The van der Waals surface area contributed by atoms with E-state index in [0.29, 0.717) is 0 Å². The fourth-order valence-electron chi connectivity index (χ4n) is 0. The Kier molecular flexibility index (Phi) is 42.2. The summed E-state index contributed by atoms with van der Waals surface area (Å²) in [4.78, 5) is 16.9. The third-order valence-electron chi connectivity index (χ3n) is 0.500. The van der Waals surface area contributed by atoms with Crippen LogP contribution in [0.15, 0.2) is 0 Å². The van der Waals surface area contributed by atoms with Crippen molar-refractivity contribution >= 4 is 83.9 Å². The molecular formula is C5H10Ca2O6. The number of carboxylic acid groups (broad SMARTS) is 4. The Morgan fingerprint density at radius 2 is 1.38 bits per heavy atom. The van der Waals surface area contributed by atoms with E-state index in [1.165, 1.54) is 2.52 Å². The number of hydrogen-bond acceptors (Lipinski definition) is 4. The van der Waals surface area contributed by atoms with Crippen LogP contribution in [0.25, 0.3) is 0 Å². The van der Waals surface area contributed by atoms with Gasteiger partial charge in [-0.05, 0) is 6.16 Å². The summed E-state index contributed by atoms with van der Waals surface area (Å²) in [6, 6.07) is 0. The normalized spacial score (nSPS) is 5.38. The molecule has 2 N–H and O–H groups in total. The predicted molar refractivity (Wildman–Crippen MR) is 43.9 cm³/mol. The first-order chi connectivity index (χ1) is 5.38. The first-order valence-electron chi connectivity index (χ1n) is 3.18. The Bertz CT molecular complexity index is 95.6. The van der Waals surface area contributed by atoms with Crippen LogP contribution in [0, 0.1) is 0 Å². The summed E-state index contributed by atoms with van der Waals surface area (Å²) in [5, 5.41) is 30.6. The molecule has 0 saturated carbocycles. The van der Waals surface area contributed by atoms with Gasteiger partial charge in [-0.2, -0.15) is 0 Å². The van der Waals surface area contributed by atoms with Gasteiger partial charge in [-0.3, -0.25) is 0 Å². The largest absolute Gasteiger partial charge is 2.00 e. The van der Waals surface area contributed by atoms with Crippen molar-refractivity contribution in [3.63, 3.8) is 0 Å². The summed E-state index contributed by atoms with van der Waals surface area (Å²) in [6.07, 6.45) is -4.17. The molecule has 0 bridgehead atoms. The molecule has 0 aromatic carbocycles. The second-order valence-electron chi connectivity index (χ2n) is 1.53. The van der Waals surface area contributed by atoms with Gasteiger partial charge in [-0.25, -0.2) is 4.79 Å². The molecule has 0 radical (unpaired) electrons. The summed E-state index contributed by atoms with van der Waals surface area (Å²) >= 11 is 0.111. The van der Waals surface area contributed by atoms with E-state index >= 15 is 0 Å². The van der Waals surface area contributed by atoms with Crippen LogP contribution >= 0.6 is 0 Å². The van der Waals surface area contributed by atoms with Crippen molar-refractivity contribution in [2.24, 2.45) is 0 Å². The molecule has 0 aliphatic rings. The predicted octanol–water partition coefficient (Wildman–Crippen LogP) is -1.43. The molecule has 70 valence electrons. The minimum absolute atomic E-state index is 0. The maximum absolute atomic E-state index is 8.56. The van der Waals surface area contributed by atoms with Gasteiger partial charge in [0.2, 0.25) is 0 Å². The third kappa shape index (κ3) is 377. The molecular weight excluding hydrogens is 236 g/mol. The number of rotatable bonds is 1. The fraction of sp³-hybridized carbons (Fsp3) is 0.600. The Labute approximate surface area is 124 Å². The molecule has 0 saturated heterocycles. The molecule has 0 aliphatic heterocycles. The van der Waals surface area contributed by atoms with Crippen LogP contribution in [0.4, 0.5) is 9.59 Å². The van der Waals surface area contributed by atoms with Crippen LogP contribution in [0.1, 0.15) is 6.92 Å². The Hall–Kier alpha value is 1.06. The zero-order chi connectivity index (χ0) is 10.6. The molecule has 8 heteroatoms. The second kappa shape index (κ2) is 23.1. The van der Waals surface area contributed by atoms with Crippen molar-refractivity contribution in [1.82, 2.24) is 0 Å². The monoisotopic (exact) mass is 246 g/mol. The zero-order valence-electron chi connectivity index (χ0n) is 7.65. The summed E-state index contributed by atoms with van der Waals surface area (Å²) in [6.45, 7) is 2.26. The van der Waals surface area contributed by atoms with E-state index in [-0.39, 0.29) is 71.6 Å². The van der Waals surface area contributed by atoms with Crippen molar-refractivity contribution in [1.29, 1.82) is 0 Å². The molecule has 0 atom stereocenters. The van der Waals surface area contributed by atoms with Gasteiger partial charge in [-0.1, -0.05) is 0 Å². The second-order valence-corrected chi connectivity index (χ2v) is 4.66. The van der Waals surface area contributed by atoms with Gasteiger partial charge in [0.15, 0.2) is 0 Å². The summed E-state index contributed by atoms with van der Waals surface area (Å²) in [5.74, 6) is 0. The Morgan fingerprint density at radius 1 is 1.31 bits per heavy atom. The van der Waals surface area contributed by atoms with Crippen molar-refractivity contribution in [2.45, 2.75) is 12.5 Å². The zero-order valence-corrected chi connectivity index (χ0v) is 12.1. The van der Waals surface area contributed by atoms with E-state index < -0.39 is 12.3 Å². The van der Waals surface area contributed by atoms with Gasteiger partial charge in [0.1, 0.15) is 0 Å². The van der Waals surface area contributed by atoms with Crippen LogP contribution in [-0.4, -0.2) is 94.1 Å². The molecule has 6 nitrogen and oxygen atoms in total. The van der Waals surface area contributed by atoms with Crippen molar-refractivity contribution in [3.05, 3.63) is 0 Å². The smallest absolute Gasteiger partial charge is 0.652 e. The average molecular weight is 246 g/mol. The molecule has 0 fully saturated rings. The maximum atomic E-state index is 8.56. The van der Waals surface area contributed by atoms with E-state index in [0.717, 1.165) is 0 Å². The number of carbonyl (C=O) groups is 2. The van der Waals surface area contributed by atoms with Crippen LogP contribution < -0.4 is 10.2 Å². The average Bonchev–Trinajstić information content (AvgIpc) is 1.85. The molecule has 0 unspecified atom stereocenters. The molecule has 0 aromatic heterocycles. The first kappa shape index (κ1) is 23.7. The Balaban J connectivity index is -0.0000000450. The van der Waals surface area contributed by atoms with Gasteiger partial charge in [0.25, 0.3) is 0 Å². The van der Waals surface area contributed by atoms with Crippen LogP contribution in [0.3, 0.4) is 0 Å². The Morgan fingerprint density at radius 3 is 1.38 bits per heavy atom. The first-order valence-corrected chi connectivity index (χ1v) is 6.95. The molecule has 0 aromatic rings. The third-order valence-corrected chi connectivity index (χ3v) is 2.06. The van der Waals surface area contributed by atoms with E-state index in [2.05, 4.69) is 9.94 Å². The van der Waals surface area contributed by atoms with Crippen molar-refractivity contribution < 1.29 is 30.0 Å². The standard InChI is InChI=1S/C2H5.2CH2O3.CH3.2Ca/c1-2;2*2-1(3)4;;;/h1H2,2H3;2*(H2,2,3,4);1H3;;/q;;;;;+2/p-2. The summed E-state index contributed by atoms with van der Waals surface area (Å²) < 4.78 is 3.88. The van der Waals surface area contributed by atoms with Gasteiger partial charge in [0, 0.05) is 0 Å². The van der Waals surface area contributed by atoms with E-state index in [1.54, 1.807) is 0 Å². The number of hydrogen-bond donors (Lipinski definition) is 2. The van der Waals surface area contributed by atoms with E-state index in [4.69, 9.17) is 30.0 Å². The van der Waals surface area contributed by atoms with Crippen molar-refractivity contribution in [2.75, 3.05) is 0 Å². The van der Waals surface area contributed by atoms with Crippen LogP contribution in [0.5, 0.6) is 0 Å². The topological polar surface area (TPSA) is 121 Å². The molecule has 13 heavy (non-hydrogen) atoms. The quantitative estimate of drug-likeness (QED) is 0.547. The number of carbonyl (C=O) groups excluding carboxylic acids is 1. The van der Waals surface area contributed by atoms with Crippen molar-refractivity contribution in [3.8, 4) is 0 Å². The fourth-order valence-corrected chi connectivity index (χ4v) is 0. The minimum Gasteiger partial charge on any atom is -0.652 e. The molecule has 0 rings (SSSR count). The van der Waals surface area contributed by atoms with Gasteiger partial charge in [0.05, 0.1) is 0 Å². The SMILES string of the molecule is C[CH2][Ca][CH3].O=C(O)O.O=C([O-])[O-].[Ca+2]. The van der Waals surface area contributed by atoms with Gasteiger partial charge in [-0.15, -0.1) is 0 Å². The van der Waals surface area contributed by atoms with Crippen LogP contribution in [-0.2, 0) is 0 Å². The molecule has 0 heterocycles. The summed E-state index contributed by atoms with van der Waals surface area (Å²) in [5.41, 5.74) is 0. The van der Waals surface area contributed by atoms with E-state index in [9.17, 15) is 0 Å². The molecule has 0 spiro atoms.